The molecule has 1 aliphatic rings. The molecule has 2 aromatic heterocycles. The van der Waals surface area contributed by atoms with Gasteiger partial charge in [-0.1, -0.05) is 18.2 Å². The maximum atomic E-state index is 12.6. The van der Waals surface area contributed by atoms with Crippen molar-refractivity contribution < 1.29 is 4.79 Å². The summed E-state index contributed by atoms with van der Waals surface area (Å²) in [6.45, 7) is 0.747. The number of hydrogen-bond donors (Lipinski definition) is 0. The average Bonchev–Trinajstić information content (AvgIpc) is 3.29. The van der Waals surface area contributed by atoms with Crippen LogP contribution in [0.3, 0.4) is 0 Å². The second kappa shape index (κ2) is 5.86. The summed E-state index contributed by atoms with van der Waals surface area (Å²) in [5.74, 6) is 1.88. The minimum absolute atomic E-state index is 0.0787. The lowest BCUT2D eigenvalue weighted by Crippen LogP contribution is -2.25. The van der Waals surface area contributed by atoms with Crippen LogP contribution < -0.4 is 0 Å². The molecule has 0 spiro atoms. The van der Waals surface area contributed by atoms with E-state index in [1.807, 2.05) is 53.7 Å². The fourth-order valence-electron chi connectivity index (χ4n) is 2.69. The summed E-state index contributed by atoms with van der Waals surface area (Å²) in [4.78, 5) is 19.9. The van der Waals surface area contributed by atoms with E-state index in [2.05, 4.69) is 15.6 Å². The molecular formula is C17H15N3OS2. The summed E-state index contributed by atoms with van der Waals surface area (Å²) in [7, 11) is 2.01. The minimum Gasteiger partial charge on any atom is -0.328 e. The van der Waals surface area contributed by atoms with Gasteiger partial charge in [-0.2, -0.15) is 0 Å². The summed E-state index contributed by atoms with van der Waals surface area (Å²) < 4.78 is 2.06. The van der Waals surface area contributed by atoms with Crippen molar-refractivity contribution >= 4 is 46.1 Å². The van der Waals surface area contributed by atoms with E-state index in [0.717, 1.165) is 39.1 Å². The third kappa shape index (κ3) is 2.58. The third-order valence-electron chi connectivity index (χ3n) is 3.88. The smallest absolute Gasteiger partial charge is 0.268 e. The van der Waals surface area contributed by atoms with Gasteiger partial charge in [0.05, 0.1) is 20.9 Å². The molecule has 0 bridgehead atoms. The molecule has 4 rings (SSSR count). The van der Waals surface area contributed by atoms with Crippen LogP contribution in [0.2, 0.25) is 0 Å². The van der Waals surface area contributed by atoms with E-state index in [-0.39, 0.29) is 5.91 Å². The van der Waals surface area contributed by atoms with E-state index in [9.17, 15) is 4.79 Å². The van der Waals surface area contributed by atoms with Crippen molar-refractivity contribution in [3.63, 3.8) is 0 Å². The van der Waals surface area contributed by atoms with Gasteiger partial charge in [0, 0.05) is 25.4 Å². The van der Waals surface area contributed by atoms with Crippen molar-refractivity contribution in [2.75, 3.05) is 12.3 Å². The maximum absolute atomic E-state index is 12.6. The molecule has 4 nitrogen and oxygen atoms in total. The highest BCUT2D eigenvalue weighted by atomic mass is 32.2. The number of nitrogens with zero attached hydrogens (tertiary/aromatic N) is 3. The number of imidazole rings is 1. The number of fused-ring (bicyclic) bond motifs is 1. The van der Waals surface area contributed by atoms with E-state index in [1.165, 1.54) is 11.3 Å². The van der Waals surface area contributed by atoms with E-state index in [0.29, 0.717) is 0 Å². The Balaban J connectivity index is 1.71. The Bertz CT molecular complexity index is 896. The molecule has 116 valence electrons. The van der Waals surface area contributed by atoms with Crippen LogP contribution in [-0.4, -0.2) is 32.7 Å². The number of thiophene rings is 1. The summed E-state index contributed by atoms with van der Waals surface area (Å²) in [5.41, 5.74) is 2.07. The number of hydrogen-bond acceptors (Lipinski definition) is 4. The fourth-order valence-corrected chi connectivity index (χ4v) is 4.36. The zero-order chi connectivity index (χ0) is 15.8. The Morgan fingerprint density at radius 1 is 1.26 bits per heavy atom. The van der Waals surface area contributed by atoms with E-state index in [1.54, 1.807) is 11.8 Å². The molecule has 0 saturated carbocycles. The normalized spacial score (nSPS) is 16.6. The molecule has 0 radical (unpaired) electrons. The Hall–Kier alpha value is -2.05. The summed E-state index contributed by atoms with van der Waals surface area (Å²) in [6, 6.07) is 11.9. The molecule has 0 unspecified atom stereocenters. The van der Waals surface area contributed by atoms with Gasteiger partial charge in [-0.05, 0) is 23.6 Å². The number of aryl methyl sites for hydroxylation is 1. The van der Waals surface area contributed by atoms with Crippen molar-refractivity contribution in [2.24, 2.45) is 7.05 Å². The van der Waals surface area contributed by atoms with Crippen molar-refractivity contribution in [1.29, 1.82) is 0 Å². The molecule has 0 atom stereocenters. The molecule has 23 heavy (non-hydrogen) atoms. The van der Waals surface area contributed by atoms with Gasteiger partial charge in [0.25, 0.3) is 5.91 Å². The molecular weight excluding hydrogens is 326 g/mol. The van der Waals surface area contributed by atoms with Gasteiger partial charge >= 0.3 is 0 Å². The second-order valence-electron chi connectivity index (χ2n) is 5.28. The maximum Gasteiger partial charge on any atom is 0.268 e. The molecule has 1 fully saturated rings. The van der Waals surface area contributed by atoms with Crippen molar-refractivity contribution in [1.82, 2.24) is 14.5 Å². The first-order chi connectivity index (χ1) is 11.2. The molecule has 6 heteroatoms. The third-order valence-corrected chi connectivity index (χ3v) is 5.76. The van der Waals surface area contributed by atoms with Crippen LogP contribution in [-0.2, 0) is 7.05 Å². The van der Waals surface area contributed by atoms with Gasteiger partial charge in [-0.25, -0.2) is 4.98 Å². The van der Waals surface area contributed by atoms with E-state index in [4.69, 9.17) is 0 Å². The SMILES string of the molecule is Cn1c(/C=C2/SCCN2C(=O)c2cccs2)nc2ccccc21. The van der Waals surface area contributed by atoms with Gasteiger partial charge < -0.3 is 9.47 Å². The zero-order valence-electron chi connectivity index (χ0n) is 12.6. The number of aromatic nitrogens is 2. The summed E-state index contributed by atoms with van der Waals surface area (Å²) in [6.07, 6.45) is 2.02. The number of carbonyl (C=O) groups excluding carboxylic acids is 1. The van der Waals surface area contributed by atoms with Gasteiger partial charge in [0.2, 0.25) is 0 Å². The van der Waals surface area contributed by atoms with Gasteiger partial charge in [0.1, 0.15) is 5.82 Å². The summed E-state index contributed by atoms with van der Waals surface area (Å²) >= 11 is 3.19. The Morgan fingerprint density at radius 3 is 2.91 bits per heavy atom. The number of carbonyl (C=O) groups is 1. The lowest BCUT2D eigenvalue weighted by atomic mass is 10.3. The zero-order valence-corrected chi connectivity index (χ0v) is 14.2. The molecule has 1 saturated heterocycles. The van der Waals surface area contributed by atoms with Crippen LogP contribution in [0.1, 0.15) is 15.5 Å². The predicted molar refractivity (Wildman–Crippen MR) is 96.5 cm³/mol. The quantitative estimate of drug-likeness (QED) is 0.711. The Labute approximate surface area is 142 Å². The first-order valence-electron chi connectivity index (χ1n) is 7.35. The fraction of sp³-hybridized carbons (Fsp3) is 0.176. The number of para-hydroxylation sites is 2. The van der Waals surface area contributed by atoms with Crippen LogP contribution in [0.15, 0.2) is 46.8 Å². The first-order valence-corrected chi connectivity index (χ1v) is 9.22. The van der Waals surface area contributed by atoms with Crippen molar-refractivity contribution in [3.05, 3.63) is 57.5 Å². The Morgan fingerprint density at radius 2 is 2.13 bits per heavy atom. The average molecular weight is 341 g/mol. The lowest BCUT2D eigenvalue weighted by molar-refractivity contribution is 0.0835. The van der Waals surface area contributed by atoms with E-state index < -0.39 is 0 Å². The standard InChI is InChI=1S/C17H15N3OS2/c1-19-13-6-3-2-5-12(13)18-15(19)11-16-20(8-10-23-16)17(21)14-7-4-9-22-14/h2-7,9,11H,8,10H2,1H3/b16-11+. The molecule has 0 aliphatic carbocycles. The Kier molecular flexibility index (Phi) is 3.71. The number of benzene rings is 1. The highest BCUT2D eigenvalue weighted by Gasteiger charge is 2.26. The molecule has 1 aromatic carbocycles. The van der Waals surface area contributed by atoms with Crippen LogP contribution in [0.4, 0.5) is 0 Å². The predicted octanol–water partition coefficient (Wildman–Crippen LogP) is 3.82. The van der Waals surface area contributed by atoms with Crippen LogP contribution >= 0.6 is 23.1 Å². The molecule has 1 aliphatic heterocycles. The first kappa shape index (κ1) is 14.5. The van der Waals surface area contributed by atoms with Crippen LogP contribution in [0.25, 0.3) is 17.1 Å². The summed E-state index contributed by atoms with van der Waals surface area (Å²) in [5, 5.41) is 2.91. The molecule has 1 amide bonds. The molecule has 0 N–H and O–H groups in total. The van der Waals surface area contributed by atoms with Crippen molar-refractivity contribution in [3.8, 4) is 0 Å². The highest BCUT2D eigenvalue weighted by Crippen LogP contribution is 2.32. The van der Waals surface area contributed by atoms with Crippen LogP contribution in [0, 0.1) is 0 Å². The van der Waals surface area contributed by atoms with Crippen molar-refractivity contribution in [2.45, 2.75) is 0 Å². The number of rotatable bonds is 2. The second-order valence-corrected chi connectivity index (χ2v) is 7.35. The number of amides is 1. The largest absolute Gasteiger partial charge is 0.328 e. The monoisotopic (exact) mass is 341 g/mol. The van der Waals surface area contributed by atoms with Gasteiger partial charge in [-0.15, -0.1) is 23.1 Å². The minimum atomic E-state index is 0.0787. The molecule has 3 aromatic rings. The van der Waals surface area contributed by atoms with Gasteiger partial charge in [-0.3, -0.25) is 4.79 Å². The van der Waals surface area contributed by atoms with E-state index >= 15 is 0 Å². The topological polar surface area (TPSA) is 38.1 Å². The lowest BCUT2D eigenvalue weighted by Gasteiger charge is -2.15. The number of thioether (sulfide) groups is 1. The highest BCUT2D eigenvalue weighted by molar-refractivity contribution is 8.03. The van der Waals surface area contributed by atoms with Crippen LogP contribution in [0.5, 0.6) is 0 Å². The molecule has 3 heterocycles. The van der Waals surface area contributed by atoms with Gasteiger partial charge in [0.15, 0.2) is 0 Å².